The van der Waals surface area contributed by atoms with Crippen LogP contribution in [0.15, 0.2) is 48.5 Å². The van der Waals surface area contributed by atoms with Gasteiger partial charge in [0.1, 0.15) is 5.52 Å². The maximum atomic E-state index is 11.7. The first kappa shape index (κ1) is 13.6. The summed E-state index contributed by atoms with van der Waals surface area (Å²) >= 11 is 6.39. The van der Waals surface area contributed by atoms with E-state index in [2.05, 4.69) is 15.5 Å². The molecule has 0 aliphatic heterocycles. The molecule has 0 aliphatic carbocycles. The van der Waals surface area contributed by atoms with Crippen LogP contribution in [0.4, 0.5) is 5.69 Å². The Morgan fingerprint density at radius 3 is 2.65 bits per heavy atom. The first-order valence-electron chi connectivity index (χ1n) is 6.70. The van der Waals surface area contributed by atoms with Crippen LogP contribution in [0.1, 0.15) is 0 Å². The summed E-state index contributed by atoms with van der Waals surface area (Å²) in [6.45, 7) is 0. The molecule has 7 nitrogen and oxygen atoms in total. The van der Waals surface area contributed by atoms with Crippen LogP contribution in [-0.4, -0.2) is 25.0 Å². The summed E-state index contributed by atoms with van der Waals surface area (Å²) in [5, 5.41) is 23.7. The second-order valence-corrected chi connectivity index (χ2v) is 5.33. The predicted molar refractivity (Wildman–Crippen MR) is 85.4 cm³/mol. The fourth-order valence-electron chi connectivity index (χ4n) is 2.67. The summed E-state index contributed by atoms with van der Waals surface area (Å²) in [6.07, 6.45) is 0. The molecule has 112 valence electrons. The first-order chi connectivity index (χ1) is 11.2. The number of hydrogen-bond donors (Lipinski definition) is 0. The summed E-state index contributed by atoms with van der Waals surface area (Å²) in [5.41, 5.74) is 2.05. The number of hydrogen-bond acceptors (Lipinski definition) is 5. The normalized spacial score (nSPS) is 11.2. The third-order valence-corrected chi connectivity index (χ3v) is 3.92. The largest absolute Gasteiger partial charge is 0.286 e. The number of tetrazole rings is 1. The van der Waals surface area contributed by atoms with Gasteiger partial charge in [-0.3, -0.25) is 10.1 Å². The van der Waals surface area contributed by atoms with Crippen LogP contribution in [-0.2, 0) is 0 Å². The van der Waals surface area contributed by atoms with Crippen molar-refractivity contribution in [3.8, 4) is 11.1 Å². The molecule has 0 amide bonds. The molecule has 0 fully saturated rings. The predicted octanol–water partition coefficient (Wildman–Crippen LogP) is 3.51. The molecule has 0 spiro atoms. The van der Waals surface area contributed by atoms with Crippen molar-refractivity contribution >= 4 is 33.8 Å². The van der Waals surface area contributed by atoms with Gasteiger partial charge in [0.15, 0.2) is 5.65 Å². The van der Waals surface area contributed by atoms with E-state index in [1.165, 1.54) is 4.52 Å². The van der Waals surface area contributed by atoms with E-state index in [0.29, 0.717) is 27.1 Å². The molecule has 0 aliphatic rings. The fourth-order valence-corrected chi connectivity index (χ4v) is 2.96. The van der Waals surface area contributed by atoms with E-state index in [1.807, 2.05) is 18.2 Å². The summed E-state index contributed by atoms with van der Waals surface area (Å²) < 4.78 is 1.40. The Labute approximate surface area is 134 Å². The fraction of sp³-hybridized carbons (Fsp3) is 0. The Kier molecular flexibility index (Phi) is 2.95. The molecule has 0 saturated heterocycles. The molecule has 0 saturated carbocycles. The molecule has 0 N–H and O–H groups in total. The maximum absolute atomic E-state index is 11.7. The van der Waals surface area contributed by atoms with Crippen LogP contribution in [0.25, 0.3) is 27.7 Å². The average molecular weight is 326 g/mol. The number of halogens is 1. The van der Waals surface area contributed by atoms with Crippen molar-refractivity contribution in [2.45, 2.75) is 0 Å². The summed E-state index contributed by atoms with van der Waals surface area (Å²) in [7, 11) is 0. The van der Waals surface area contributed by atoms with Crippen molar-refractivity contribution in [3.63, 3.8) is 0 Å². The quantitative estimate of drug-likeness (QED) is 0.416. The smallest absolute Gasteiger partial charge is 0.258 e. The third-order valence-electron chi connectivity index (χ3n) is 3.63. The van der Waals surface area contributed by atoms with Crippen LogP contribution in [0.2, 0.25) is 5.02 Å². The van der Waals surface area contributed by atoms with Gasteiger partial charge < -0.3 is 0 Å². The maximum Gasteiger partial charge on any atom is 0.286 e. The number of fused-ring (bicyclic) bond motifs is 3. The van der Waals surface area contributed by atoms with E-state index >= 15 is 0 Å². The van der Waals surface area contributed by atoms with E-state index in [1.54, 1.807) is 30.3 Å². The van der Waals surface area contributed by atoms with Crippen molar-refractivity contribution in [2.24, 2.45) is 0 Å². The highest BCUT2D eigenvalue weighted by molar-refractivity contribution is 6.36. The highest BCUT2D eigenvalue weighted by Gasteiger charge is 2.24. The zero-order valence-electron chi connectivity index (χ0n) is 11.5. The molecule has 2 aromatic carbocycles. The van der Waals surface area contributed by atoms with Gasteiger partial charge in [0.05, 0.1) is 20.9 Å². The molecule has 4 rings (SSSR count). The average Bonchev–Trinajstić information content (AvgIpc) is 3.03. The molecular formula is C15H8ClN5O2. The molecule has 0 radical (unpaired) electrons. The molecule has 4 aromatic rings. The summed E-state index contributed by atoms with van der Waals surface area (Å²) in [4.78, 5) is 11.3. The van der Waals surface area contributed by atoms with Crippen molar-refractivity contribution in [2.75, 3.05) is 0 Å². The van der Waals surface area contributed by atoms with Crippen molar-refractivity contribution in [1.29, 1.82) is 0 Å². The number of pyridine rings is 1. The zero-order chi connectivity index (χ0) is 16.0. The monoisotopic (exact) mass is 325 g/mol. The van der Waals surface area contributed by atoms with Crippen LogP contribution in [0.3, 0.4) is 0 Å². The number of rotatable bonds is 2. The van der Waals surface area contributed by atoms with Crippen molar-refractivity contribution < 1.29 is 4.92 Å². The Bertz CT molecular complexity index is 1060. The lowest BCUT2D eigenvalue weighted by Crippen LogP contribution is -1.98. The lowest BCUT2D eigenvalue weighted by atomic mass is 10.0. The molecule has 2 aromatic heterocycles. The van der Waals surface area contributed by atoms with Crippen molar-refractivity contribution in [3.05, 3.63) is 63.7 Å². The highest BCUT2D eigenvalue weighted by atomic mass is 35.5. The van der Waals surface area contributed by atoms with E-state index in [9.17, 15) is 10.1 Å². The Balaban J connectivity index is 2.19. The van der Waals surface area contributed by atoms with E-state index in [-0.39, 0.29) is 5.69 Å². The van der Waals surface area contributed by atoms with Gasteiger partial charge in [0.25, 0.3) is 5.69 Å². The summed E-state index contributed by atoms with van der Waals surface area (Å²) in [6, 6.07) is 13.9. The number of nitro groups is 1. The lowest BCUT2D eigenvalue weighted by Gasteiger charge is -2.09. The van der Waals surface area contributed by atoms with Gasteiger partial charge >= 0.3 is 0 Å². The van der Waals surface area contributed by atoms with Gasteiger partial charge in [-0.15, -0.1) is 5.10 Å². The van der Waals surface area contributed by atoms with Crippen molar-refractivity contribution in [1.82, 2.24) is 20.0 Å². The lowest BCUT2D eigenvalue weighted by molar-refractivity contribution is -0.382. The minimum Gasteiger partial charge on any atom is -0.258 e. The second kappa shape index (κ2) is 4.99. The third kappa shape index (κ3) is 2.01. The van der Waals surface area contributed by atoms with Gasteiger partial charge in [-0.05, 0) is 34.2 Å². The molecule has 2 heterocycles. The Morgan fingerprint density at radius 2 is 1.91 bits per heavy atom. The van der Waals surface area contributed by atoms with Gasteiger partial charge in [-0.25, -0.2) is 0 Å². The van der Waals surface area contributed by atoms with Crippen LogP contribution in [0, 0.1) is 10.1 Å². The van der Waals surface area contributed by atoms with Crippen LogP contribution < -0.4 is 0 Å². The van der Waals surface area contributed by atoms with Gasteiger partial charge in [-0.2, -0.15) is 4.52 Å². The van der Waals surface area contributed by atoms with Crippen LogP contribution in [0.5, 0.6) is 0 Å². The standard InChI is InChI=1S/C15H8ClN5O2/c16-12-8-11(9-4-2-1-3-5-9)14(21(22)23)10-6-7-13-17-18-19-20(13)15(10)12/h1-8H. The number of aromatic nitrogens is 4. The minimum absolute atomic E-state index is 0.0204. The molecular weight excluding hydrogens is 318 g/mol. The van der Waals surface area contributed by atoms with E-state index in [0.717, 1.165) is 5.56 Å². The zero-order valence-corrected chi connectivity index (χ0v) is 12.3. The number of nitro benzene ring substituents is 1. The molecule has 0 bridgehead atoms. The SMILES string of the molecule is O=[N+]([O-])c1c(-c2ccccc2)cc(Cl)c2c1ccc1nnnn12. The highest BCUT2D eigenvalue weighted by Crippen LogP contribution is 2.40. The second-order valence-electron chi connectivity index (χ2n) is 4.92. The van der Waals surface area contributed by atoms with Gasteiger partial charge in [0.2, 0.25) is 0 Å². The molecule has 8 heteroatoms. The summed E-state index contributed by atoms with van der Waals surface area (Å²) in [5.74, 6) is 0. The Hall–Kier alpha value is -3.06. The topological polar surface area (TPSA) is 86.2 Å². The molecule has 23 heavy (non-hydrogen) atoms. The van der Waals surface area contributed by atoms with Gasteiger partial charge in [-0.1, -0.05) is 41.9 Å². The molecule has 0 unspecified atom stereocenters. The van der Waals surface area contributed by atoms with E-state index in [4.69, 9.17) is 11.6 Å². The first-order valence-corrected chi connectivity index (χ1v) is 7.08. The molecule has 0 atom stereocenters. The Morgan fingerprint density at radius 1 is 1.13 bits per heavy atom. The van der Waals surface area contributed by atoms with E-state index < -0.39 is 4.92 Å². The van der Waals surface area contributed by atoms with Gasteiger partial charge in [0, 0.05) is 0 Å². The minimum atomic E-state index is -0.406. The number of benzene rings is 2. The number of nitrogens with zero attached hydrogens (tertiary/aromatic N) is 5. The van der Waals surface area contributed by atoms with Crippen LogP contribution >= 0.6 is 11.6 Å².